The van der Waals surface area contributed by atoms with Gasteiger partial charge in [0.25, 0.3) is 0 Å². The van der Waals surface area contributed by atoms with Gasteiger partial charge in [0.15, 0.2) is 10.8 Å². The van der Waals surface area contributed by atoms with E-state index >= 15 is 0 Å². The molecule has 0 aromatic carbocycles. The Hall–Kier alpha value is -0.940. The van der Waals surface area contributed by atoms with Crippen LogP contribution in [0.2, 0.25) is 0 Å². The molecule has 1 atom stereocenters. The summed E-state index contributed by atoms with van der Waals surface area (Å²) in [7, 11) is -0.788. The van der Waals surface area contributed by atoms with Crippen LogP contribution in [0, 0.1) is 5.92 Å². The van der Waals surface area contributed by atoms with Crippen LogP contribution in [0.1, 0.15) is 37.8 Å². The number of furan rings is 1. The van der Waals surface area contributed by atoms with Gasteiger partial charge in [0.2, 0.25) is 0 Å². The highest BCUT2D eigenvalue weighted by molar-refractivity contribution is 7.84. The SMILES string of the molecule is O=S(Cc1csc(-c2ccco2)n1)CC1CCCCC1. The van der Waals surface area contributed by atoms with Crippen molar-refractivity contribution in [1.29, 1.82) is 0 Å². The molecule has 0 amide bonds. The zero-order chi connectivity index (χ0) is 13.8. The fraction of sp³-hybridized carbons (Fsp3) is 0.533. The second-order valence-corrected chi connectivity index (χ2v) is 7.74. The Kier molecular flexibility index (Phi) is 4.68. The van der Waals surface area contributed by atoms with Crippen molar-refractivity contribution in [2.24, 2.45) is 5.92 Å². The lowest BCUT2D eigenvalue weighted by molar-refractivity contribution is 0.388. The number of hydrogen-bond acceptors (Lipinski definition) is 4. The highest BCUT2D eigenvalue weighted by atomic mass is 32.2. The van der Waals surface area contributed by atoms with Crippen molar-refractivity contribution in [1.82, 2.24) is 4.98 Å². The third-order valence-corrected chi connectivity index (χ3v) is 6.11. The van der Waals surface area contributed by atoms with Gasteiger partial charge in [-0.25, -0.2) is 4.98 Å². The molecule has 20 heavy (non-hydrogen) atoms. The molecule has 1 saturated carbocycles. The minimum absolute atomic E-state index is 0.577. The van der Waals surface area contributed by atoms with Crippen molar-refractivity contribution in [2.45, 2.75) is 37.9 Å². The highest BCUT2D eigenvalue weighted by Crippen LogP contribution is 2.26. The van der Waals surface area contributed by atoms with E-state index in [1.54, 1.807) is 17.6 Å². The van der Waals surface area contributed by atoms with Crippen molar-refractivity contribution in [3.63, 3.8) is 0 Å². The van der Waals surface area contributed by atoms with E-state index in [1.165, 1.54) is 32.1 Å². The molecule has 0 aliphatic heterocycles. The molecule has 5 heteroatoms. The first-order valence-corrected chi connectivity index (χ1v) is 9.51. The zero-order valence-corrected chi connectivity index (χ0v) is 13.0. The molecule has 1 unspecified atom stereocenters. The van der Waals surface area contributed by atoms with Crippen LogP contribution in [0.4, 0.5) is 0 Å². The molecule has 2 aromatic heterocycles. The predicted molar refractivity (Wildman–Crippen MR) is 83.1 cm³/mol. The molecular formula is C15H19NO2S2. The maximum Gasteiger partial charge on any atom is 0.162 e. The van der Waals surface area contributed by atoms with E-state index in [-0.39, 0.29) is 0 Å². The van der Waals surface area contributed by atoms with Crippen molar-refractivity contribution in [3.05, 3.63) is 29.5 Å². The van der Waals surface area contributed by atoms with Crippen molar-refractivity contribution >= 4 is 22.1 Å². The Bertz CT molecular complexity index is 556. The summed E-state index contributed by atoms with van der Waals surface area (Å²) < 4.78 is 17.6. The highest BCUT2D eigenvalue weighted by Gasteiger charge is 2.17. The monoisotopic (exact) mass is 309 g/mol. The molecule has 0 saturated heterocycles. The minimum atomic E-state index is -0.788. The van der Waals surface area contributed by atoms with Crippen LogP contribution in [0.15, 0.2) is 28.2 Å². The van der Waals surface area contributed by atoms with Gasteiger partial charge in [-0.1, -0.05) is 19.3 Å². The van der Waals surface area contributed by atoms with Gasteiger partial charge in [-0.15, -0.1) is 11.3 Å². The molecular weight excluding hydrogens is 290 g/mol. The largest absolute Gasteiger partial charge is 0.462 e. The van der Waals surface area contributed by atoms with Gasteiger partial charge < -0.3 is 4.42 Å². The smallest absolute Gasteiger partial charge is 0.162 e. The maximum atomic E-state index is 12.2. The van der Waals surface area contributed by atoms with Crippen LogP contribution in [-0.4, -0.2) is 14.9 Å². The van der Waals surface area contributed by atoms with Crippen LogP contribution >= 0.6 is 11.3 Å². The van der Waals surface area contributed by atoms with Gasteiger partial charge in [-0.2, -0.15) is 0 Å². The summed E-state index contributed by atoms with van der Waals surface area (Å²) in [5, 5.41) is 2.87. The van der Waals surface area contributed by atoms with Crippen LogP contribution in [0.5, 0.6) is 0 Å². The average molecular weight is 309 g/mol. The van der Waals surface area contributed by atoms with Crippen LogP contribution in [0.3, 0.4) is 0 Å². The predicted octanol–water partition coefficient (Wildman–Crippen LogP) is 4.23. The van der Waals surface area contributed by atoms with Crippen LogP contribution in [0.25, 0.3) is 10.8 Å². The normalized spacial score (nSPS) is 18.2. The summed E-state index contributed by atoms with van der Waals surface area (Å²) in [4.78, 5) is 4.52. The fourth-order valence-corrected chi connectivity index (χ4v) is 5.07. The third kappa shape index (κ3) is 3.58. The Labute approximate surface area is 125 Å². The van der Waals surface area contributed by atoms with E-state index < -0.39 is 10.8 Å². The summed E-state index contributed by atoms with van der Waals surface area (Å²) in [5.74, 6) is 2.87. The molecule has 1 aliphatic rings. The van der Waals surface area contributed by atoms with Crippen molar-refractivity contribution in [2.75, 3.05) is 5.75 Å². The first-order valence-electron chi connectivity index (χ1n) is 7.14. The Balaban J connectivity index is 1.56. The van der Waals surface area contributed by atoms with Gasteiger partial charge in [0.05, 0.1) is 17.7 Å². The second-order valence-electron chi connectivity index (χ2n) is 5.38. The molecule has 0 radical (unpaired) electrons. The van der Waals surface area contributed by atoms with Crippen LogP contribution in [-0.2, 0) is 16.6 Å². The van der Waals surface area contributed by atoms with E-state index in [0.29, 0.717) is 11.7 Å². The number of nitrogens with zero attached hydrogens (tertiary/aromatic N) is 1. The summed E-state index contributed by atoms with van der Waals surface area (Å²) in [6, 6.07) is 3.76. The van der Waals surface area contributed by atoms with Gasteiger partial charge in [0.1, 0.15) is 0 Å². The quantitative estimate of drug-likeness (QED) is 0.830. The maximum absolute atomic E-state index is 12.2. The van der Waals surface area contributed by atoms with E-state index in [1.807, 2.05) is 17.5 Å². The van der Waals surface area contributed by atoms with Gasteiger partial charge in [0, 0.05) is 21.9 Å². The number of hydrogen-bond donors (Lipinski definition) is 0. The Morgan fingerprint density at radius 2 is 2.20 bits per heavy atom. The Morgan fingerprint density at radius 3 is 2.95 bits per heavy atom. The molecule has 0 N–H and O–H groups in total. The van der Waals surface area contributed by atoms with Gasteiger partial charge in [-0.3, -0.25) is 4.21 Å². The van der Waals surface area contributed by atoms with E-state index in [0.717, 1.165) is 22.2 Å². The molecule has 3 nitrogen and oxygen atoms in total. The minimum Gasteiger partial charge on any atom is -0.462 e. The lowest BCUT2D eigenvalue weighted by Crippen LogP contribution is -2.15. The fourth-order valence-electron chi connectivity index (χ4n) is 2.73. The summed E-state index contributed by atoms with van der Waals surface area (Å²) >= 11 is 1.56. The number of aromatic nitrogens is 1. The molecule has 2 heterocycles. The molecule has 0 spiro atoms. The first kappa shape index (κ1) is 14.0. The molecule has 2 aromatic rings. The number of thiazole rings is 1. The molecule has 0 bridgehead atoms. The zero-order valence-electron chi connectivity index (χ0n) is 11.4. The summed E-state index contributed by atoms with van der Waals surface area (Å²) in [6.45, 7) is 0. The summed E-state index contributed by atoms with van der Waals surface area (Å²) in [6.07, 6.45) is 8.11. The van der Waals surface area contributed by atoms with Gasteiger partial charge in [-0.05, 0) is 30.9 Å². The molecule has 108 valence electrons. The lowest BCUT2D eigenvalue weighted by atomic mass is 9.91. The van der Waals surface area contributed by atoms with E-state index in [4.69, 9.17) is 4.42 Å². The molecule has 1 fully saturated rings. The Morgan fingerprint density at radius 1 is 1.35 bits per heavy atom. The topological polar surface area (TPSA) is 43.1 Å². The van der Waals surface area contributed by atoms with E-state index in [2.05, 4.69) is 4.98 Å². The average Bonchev–Trinajstić information content (AvgIpc) is 3.10. The van der Waals surface area contributed by atoms with Crippen molar-refractivity contribution < 1.29 is 8.63 Å². The second kappa shape index (κ2) is 6.68. The van der Waals surface area contributed by atoms with Crippen molar-refractivity contribution in [3.8, 4) is 10.8 Å². The van der Waals surface area contributed by atoms with E-state index in [9.17, 15) is 4.21 Å². The lowest BCUT2D eigenvalue weighted by Gasteiger charge is -2.20. The van der Waals surface area contributed by atoms with Gasteiger partial charge >= 0.3 is 0 Å². The molecule has 1 aliphatic carbocycles. The first-order chi connectivity index (χ1) is 9.81. The number of rotatable bonds is 5. The third-order valence-electron chi connectivity index (χ3n) is 3.74. The standard InChI is InChI=1S/C15H19NO2S2/c17-20(10-12-5-2-1-3-6-12)11-13-9-19-15(16-13)14-7-4-8-18-14/h4,7-9,12H,1-3,5-6,10-11H2. The summed E-state index contributed by atoms with van der Waals surface area (Å²) in [5.41, 5.74) is 0.926. The molecule has 3 rings (SSSR count). The van der Waals surface area contributed by atoms with Crippen LogP contribution < -0.4 is 0 Å².